The number of aromatic amines is 1. The third kappa shape index (κ3) is 3.83. The molecule has 1 aromatic carbocycles. The van der Waals surface area contributed by atoms with Crippen molar-refractivity contribution in [3.63, 3.8) is 0 Å². The monoisotopic (exact) mass is 369 g/mol. The Kier molecular flexibility index (Phi) is 4.40. The average Bonchev–Trinajstić information content (AvgIpc) is 2.87. The highest BCUT2D eigenvalue weighted by Gasteiger charge is 2.39. The summed E-state index contributed by atoms with van der Waals surface area (Å²) in [6.07, 6.45) is -10.2. The second kappa shape index (κ2) is 5.93. The number of carboxylic acids is 1. The van der Waals surface area contributed by atoms with E-state index in [-0.39, 0.29) is 6.07 Å². The van der Waals surface area contributed by atoms with Crippen molar-refractivity contribution in [3.8, 4) is 0 Å². The van der Waals surface area contributed by atoms with Crippen molar-refractivity contribution in [2.75, 3.05) is 0 Å². The molecule has 0 aliphatic carbocycles. The zero-order chi connectivity index (χ0) is 19.2. The van der Waals surface area contributed by atoms with E-state index in [2.05, 4.69) is 4.98 Å². The van der Waals surface area contributed by atoms with Gasteiger partial charge in [0.1, 0.15) is 11.6 Å². The molecular formula is C13H9F6N3O3. The van der Waals surface area contributed by atoms with Gasteiger partial charge in [-0.2, -0.15) is 26.3 Å². The molecule has 1 amide bonds. The van der Waals surface area contributed by atoms with Gasteiger partial charge in [-0.25, -0.2) is 4.98 Å². The lowest BCUT2D eigenvalue weighted by atomic mass is 10.1. The Morgan fingerprint density at radius 3 is 2.24 bits per heavy atom. The number of halogens is 6. The van der Waals surface area contributed by atoms with Gasteiger partial charge >= 0.3 is 18.3 Å². The summed E-state index contributed by atoms with van der Waals surface area (Å²) in [6, 6.07) is -1.10. The minimum Gasteiger partial charge on any atom is -0.480 e. The lowest BCUT2D eigenvalue weighted by Gasteiger charge is -2.11. The molecule has 2 rings (SSSR count). The quantitative estimate of drug-likeness (QED) is 0.725. The van der Waals surface area contributed by atoms with Crippen molar-refractivity contribution in [1.29, 1.82) is 0 Å². The molecule has 1 atom stereocenters. The van der Waals surface area contributed by atoms with Crippen LogP contribution in [0.5, 0.6) is 0 Å². The van der Waals surface area contributed by atoms with Gasteiger partial charge in [0, 0.05) is 0 Å². The Bertz CT molecular complexity index is 840. The van der Waals surface area contributed by atoms with Gasteiger partial charge in [-0.15, -0.1) is 0 Å². The molecule has 136 valence electrons. The number of carboxylic acid groups (broad SMARTS) is 1. The maximum atomic E-state index is 13.0. The zero-order valence-electron chi connectivity index (χ0n) is 12.2. The maximum Gasteiger partial charge on any atom is 0.418 e. The van der Waals surface area contributed by atoms with E-state index in [0.29, 0.717) is 6.07 Å². The lowest BCUT2D eigenvalue weighted by Crippen LogP contribution is -2.38. The average molecular weight is 369 g/mol. The topological polar surface area (TPSA) is 95.1 Å². The van der Waals surface area contributed by atoms with Gasteiger partial charge in [0.2, 0.25) is 0 Å². The van der Waals surface area contributed by atoms with Crippen LogP contribution in [0.25, 0.3) is 11.0 Å². The smallest absolute Gasteiger partial charge is 0.418 e. The van der Waals surface area contributed by atoms with Gasteiger partial charge in [0.25, 0.3) is 5.91 Å². The number of aliphatic carboxylic acids is 1. The number of rotatable bonds is 3. The zero-order valence-corrected chi connectivity index (χ0v) is 12.2. The molecule has 0 spiro atoms. The van der Waals surface area contributed by atoms with Gasteiger partial charge in [0.15, 0.2) is 5.82 Å². The fourth-order valence-corrected chi connectivity index (χ4v) is 1.93. The Balaban J connectivity index is 2.58. The van der Waals surface area contributed by atoms with Crippen LogP contribution in [0.3, 0.4) is 0 Å². The van der Waals surface area contributed by atoms with Crippen LogP contribution in [0.2, 0.25) is 0 Å². The highest BCUT2D eigenvalue weighted by molar-refractivity contribution is 5.96. The highest BCUT2D eigenvalue weighted by atomic mass is 19.4. The van der Waals surface area contributed by atoms with Crippen LogP contribution in [0.4, 0.5) is 26.3 Å². The molecule has 25 heavy (non-hydrogen) atoms. The predicted octanol–water partition coefficient (Wildman–Crippen LogP) is 2.80. The van der Waals surface area contributed by atoms with Crippen LogP contribution in [0.1, 0.15) is 28.7 Å². The molecule has 0 aliphatic heterocycles. The third-order valence-corrected chi connectivity index (χ3v) is 3.15. The number of nitrogens with one attached hydrogen (secondary N) is 2. The number of amides is 1. The molecule has 0 radical (unpaired) electrons. The lowest BCUT2D eigenvalue weighted by molar-refractivity contribution is -0.142. The first kappa shape index (κ1) is 18.5. The first-order chi connectivity index (χ1) is 11.3. The normalized spacial score (nSPS) is 13.7. The number of hydrogen-bond acceptors (Lipinski definition) is 3. The number of H-pyrrole nitrogens is 1. The number of benzene rings is 1. The predicted molar refractivity (Wildman–Crippen MR) is 70.7 cm³/mol. The summed E-state index contributed by atoms with van der Waals surface area (Å²) in [5, 5.41) is 10.6. The molecule has 0 bridgehead atoms. The highest BCUT2D eigenvalue weighted by Crippen LogP contribution is 2.39. The van der Waals surface area contributed by atoms with E-state index >= 15 is 0 Å². The molecular weight excluding hydrogens is 360 g/mol. The number of carbonyl (C=O) groups excluding carboxylic acids is 1. The van der Waals surface area contributed by atoms with Crippen LogP contribution in [0, 0.1) is 0 Å². The third-order valence-electron chi connectivity index (χ3n) is 3.15. The second-order valence-electron chi connectivity index (χ2n) is 5.03. The van der Waals surface area contributed by atoms with Crippen molar-refractivity contribution in [1.82, 2.24) is 15.3 Å². The number of aromatic nitrogens is 2. The number of fused-ring (bicyclic) bond motifs is 1. The Labute approximate surface area is 134 Å². The van der Waals surface area contributed by atoms with Crippen molar-refractivity contribution < 1.29 is 41.0 Å². The van der Waals surface area contributed by atoms with Gasteiger partial charge in [-0.1, -0.05) is 0 Å². The van der Waals surface area contributed by atoms with E-state index in [1.165, 1.54) is 0 Å². The standard InChI is InChI=1S/C13H9F6N3O3/c1-4(11(24)25)20-10(23)9-21-7-3-5(12(14,15)16)2-6(8(7)22-9)13(17,18)19/h2-4H,1H3,(H,20,23)(H,21,22)(H,24,25)/t4-/m1/s1. The molecule has 12 heteroatoms. The minimum atomic E-state index is -5.14. The summed E-state index contributed by atoms with van der Waals surface area (Å²) in [5.74, 6) is -3.33. The fourth-order valence-electron chi connectivity index (χ4n) is 1.93. The van der Waals surface area contributed by atoms with Crippen LogP contribution in [-0.4, -0.2) is 33.0 Å². The number of carbonyl (C=O) groups is 2. The van der Waals surface area contributed by atoms with Crippen LogP contribution >= 0.6 is 0 Å². The molecule has 2 aromatic rings. The van der Waals surface area contributed by atoms with Crippen LogP contribution in [-0.2, 0) is 17.1 Å². The van der Waals surface area contributed by atoms with Crippen molar-refractivity contribution >= 4 is 22.9 Å². The molecule has 0 aliphatic rings. The largest absolute Gasteiger partial charge is 0.480 e. The van der Waals surface area contributed by atoms with Crippen LogP contribution in [0.15, 0.2) is 12.1 Å². The molecule has 0 saturated carbocycles. The van der Waals surface area contributed by atoms with Crippen molar-refractivity contribution in [2.24, 2.45) is 0 Å². The summed E-state index contributed by atoms with van der Waals surface area (Å²) in [4.78, 5) is 27.9. The van der Waals surface area contributed by atoms with Crippen molar-refractivity contribution in [2.45, 2.75) is 25.3 Å². The molecule has 3 N–H and O–H groups in total. The summed E-state index contributed by atoms with van der Waals surface area (Å²) < 4.78 is 77.3. The van der Waals surface area contributed by atoms with Gasteiger partial charge < -0.3 is 15.4 Å². The van der Waals surface area contributed by atoms with E-state index in [4.69, 9.17) is 5.11 Å². The molecule has 0 saturated heterocycles. The molecule has 1 heterocycles. The summed E-state index contributed by atoms with van der Waals surface area (Å²) in [5.41, 5.74) is -4.77. The van der Waals surface area contributed by atoms with E-state index < -0.39 is 58.3 Å². The molecule has 0 unspecified atom stereocenters. The minimum absolute atomic E-state index is 0.106. The Hall–Kier alpha value is -2.79. The first-order valence-corrected chi connectivity index (χ1v) is 6.52. The Morgan fingerprint density at radius 1 is 1.16 bits per heavy atom. The van der Waals surface area contributed by atoms with Gasteiger partial charge in [0.05, 0.1) is 16.6 Å². The molecule has 6 nitrogen and oxygen atoms in total. The molecule has 1 aromatic heterocycles. The summed E-state index contributed by atoms with van der Waals surface area (Å²) in [7, 11) is 0. The molecule has 0 fully saturated rings. The second-order valence-corrected chi connectivity index (χ2v) is 5.03. The summed E-state index contributed by atoms with van der Waals surface area (Å²) in [6.45, 7) is 1.09. The van der Waals surface area contributed by atoms with E-state index in [0.717, 1.165) is 6.92 Å². The first-order valence-electron chi connectivity index (χ1n) is 6.52. The maximum absolute atomic E-state index is 13.0. The number of hydrogen-bond donors (Lipinski definition) is 3. The summed E-state index contributed by atoms with van der Waals surface area (Å²) >= 11 is 0. The SMILES string of the molecule is C[C@@H](NC(=O)c1nc2c(C(F)(F)F)cc(C(F)(F)F)cc2[nH]1)C(=O)O. The number of nitrogens with zero attached hydrogens (tertiary/aromatic N) is 1. The fraction of sp³-hybridized carbons (Fsp3) is 0.308. The number of imidazole rings is 1. The van der Waals surface area contributed by atoms with E-state index in [1.54, 1.807) is 0 Å². The number of alkyl halides is 6. The van der Waals surface area contributed by atoms with Gasteiger partial charge in [-0.05, 0) is 19.1 Å². The van der Waals surface area contributed by atoms with Gasteiger partial charge in [-0.3, -0.25) is 9.59 Å². The van der Waals surface area contributed by atoms with E-state index in [1.807, 2.05) is 10.3 Å². The Morgan fingerprint density at radius 2 is 1.76 bits per heavy atom. The van der Waals surface area contributed by atoms with Crippen LogP contribution < -0.4 is 5.32 Å². The van der Waals surface area contributed by atoms with E-state index in [9.17, 15) is 35.9 Å². The van der Waals surface area contributed by atoms with Crippen molar-refractivity contribution in [3.05, 3.63) is 29.1 Å².